The first-order chi connectivity index (χ1) is 5.09. The molecule has 1 atom stereocenters. The van der Waals surface area contributed by atoms with Crippen LogP contribution in [0.5, 0.6) is 0 Å². The third-order valence-corrected chi connectivity index (χ3v) is 1.36. The molecule has 60 valence electrons. The molecule has 0 bridgehead atoms. The highest BCUT2D eigenvalue weighted by Crippen LogP contribution is 2.16. The number of halogens is 2. The van der Waals surface area contributed by atoms with Crippen LogP contribution in [0.2, 0.25) is 5.28 Å². The van der Waals surface area contributed by atoms with Gasteiger partial charge in [0.2, 0.25) is 11.2 Å². The second-order valence-corrected chi connectivity index (χ2v) is 2.93. The number of aromatic nitrogens is 3. The Balaban J connectivity index is 3.08. The van der Waals surface area contributed by atoms with Crippen molar-refractivity contribution in [3.8, 4) is 0 Å². The summed E-state index contributed by atoms with van der Waals surface area (Å²) in [5, 5.41) is -0.238. The van der Waals surface area contributed by atoms with Crippen molar-refractivity contribution in [1.82, 2.24) is 15.0 Å². The summed E-state index contributed by atoms with van der Waals surface area (Å²) in [5.41, 5.74) is 5.29. The van der Waals surface area contributed by atoms with Gasteiger partial charge >= 0.3 is 0 Å². The van der Waals surface area contributed by atoms with Gasteiger partial charge in [0, 0.05) is 0 Å². The van der Waals surface area contributed by atoms with Crippen molar-refractivity contribution in [3.63, 3.8) is 0 Å². The van der Waals surface area contributed by atoms with Crippen molar-refractivity contribution in [2.45, 2.75) is 12.3 Å². The molecule has 0 aromatic carbocycles. The van der Waals surface area contributed by atoms with Gasteiger partial charge < -0.3 is 5.73 Å². The molecular formula is C5H6Cl2N4. The van der Waals surface area contributed by atoms with Crippen LogP contribution in [0, 0.1) is 0 Å². The third kappa shape index (κ3) is 2.17. The summed E-state index contributed by atoms with van der Waals surface area (Å²) in [6.45, 7) is 1.73. The fraction of sp³-hybridized carbons (Fsp3) is 0.400. The summed E-state index contributed by atoms with van der Waals surface area (Å²) >= 11 is 11.2. The smallest absolute Gasteiger partial charge is 0.227 e. The van der Waals surface area contributed by atoms with Crippen LogP contribution < -0.4 is 5.73 Å². The van der Waals surface area contributed by atoms with Gasteiger partial charge in [-0.1, -0.05) is 0 Å². The van der Waals surface area contributed by atoms with E-state index in [4.69, 9.17) is 28.9 Å². The van der Waals surface area contributed by atoms with Crippen LogP contribution >= 0.6 is 23.2 Å². The number of nitrogen functional groups attached to an aromatic ring is 1. The molecule has 0 amide bonds. The van der Waals surface area contributed by atoms with Crippen LogP contribution in [-0.4, -0.2) is 15.0 Å². The molecule has 1 aromatic rings. The van der Waals surface area contributed by atoms with Crippen molar-refractivity contribution >= 4 is 29.2 Å². The van der Waals surface area contributed by atoms with Crippen LogP contribution in [-0.2, 0) is 0 Å². The minimum absolute atomic E-state index is 0.0694. The number of hydrogen-bond acceptors (Lipinski definition) is 4. The van der Waals surface area contributed by atoms with Crippen molar-refractivity contribution in [2.24, 2.45) is 0 Å². The minimum atomic E-state index is -0.308. The standard InChI is InChI=1S/C5H6Cl2N4/c1-2(6)3-9-4(7)11-5(8)10-3/h2H,1H3,(H2,8,9,10,11)/t2-/m0/s1. The Morgan fingerprint density at radius 3 is 2.45 bits per heavy atom. The lowest BCUT2D eigenvalue weighted by atomic mass is 10.4. The van der Waals surface area contributed by atoms with Crippen molar-refractivity contribution in [1.29, 1.82) is 0 Å². The number of nitrogens with two attached hydrogens (primary N) is 1. The molecule has 11 heavy (non-hydrogen) atoms. The van der Waals surface area contributed by atoms with Gasteiger partial charge in [-0.2, -0.15) is 9.97 Å². The second-order valence-electron chi connectivity index (χ2n) is 1.94. The average Bonchev–Trinajstić information content (AvgIpc) is 1.85. The van der Waals surface area contributed by atoms with E-state index in [0.29, 0.717) is 5.82 Å². The summed E-state index contributed by atoms with van der Waals surface area (Å²) in [6.07, 6.45) is 0. The lowest BCUT2D eigenvalue weighted by molar-refractivity contribution is 0.883. The van der Waals surface area contributed by atoms with Gasteiger partial charge in [-0.25, -0.2) is 4.98 Å². The lowest BCUT2D eigenvalue weighted by Gasteiger charge is -2.00. The van der Waals surface area contributed by atoms with E-state index < -0.39 is 0 Å². The van der Waals surface area contributed by atoms with Gasteiger partial charge in [-0.15, -0.1) is 11.6 Å². The predicted molar refractivity (Wildman–Crippen MR) is 43.5 cm³/mol. The number of hydrogen-bond donors (Lipinski definition) is 1. The molecule has 0 spiro atoms. The molecule has 6 heteroatoms. The Bertz CT molecular complexity index is 242. The molecule has 0 aliphatic rings. The van der Waals surface area contributed by atoms with Gasteiger partial charge in [0.05, 0.1) is 5.38 Å². The first kappa shape index (κ1) is 8.49. The molecular weight excluding hydrogens is 187 g/mol. The van der Waals surface area contributed by atoms with E-state index in [-0.39, 0.29) is 16.6 Å². The Morgan fingerprint density at radius 1 is 1.36 bits per heavy atom. The monoisotopic (exact) mass is 192 g/mol. The van der Waals surface area contributed by atoms with E-state index in [1.807, 2.05) is 0 Å². The second kappa shape index (κ2) is 3.19. The zero-order valence-corrected chi connectivity index (χ0v) is 7.26. The van der Waals surface area contributed by atoms with E-state index in [2.05, 4.69) is 15.0 Å². The highest BCUT2D eigenvalue weighted by molar-refractivity contribution is 6.28. The molecule has 0 aliphatic heterocycles. The van der Waals surface area contributed by atoms with Gasteiger partial charge in [0.15, 0.2) is 5.82 Å². The molecule has 1 aromatic heterocycles. The summed E-state index contributed by atoms with van der Waals surface area (Å²) < 4.78 is 0. The first-order valence-corrected chi connectivity index (χ1v) is 3.72. The molecule has 1 rings (SSSR count). The Labute approximate surface area is 73.8 Å². The molecule has 0 unspecified atom stereocenters. The summed E-state index contributed by atoms with van der Waals surface area (Å²) in [4.78, 5) is 11.1. The number of alkyl halides is 1. The summed E-state index contributed by atoms with van der Waals surface area (Å²) in [5.74, 6) is 0.483. The Hall–Kier alpha value is -0.610. The maximum Gasteiger partial charge on any atom is 0.227 e. The van der Waals surface area contributed by atoms with Crippen LogP contribution in [0.15, 0.2) is 0 Å². The highest BCUT2D eigenvalue weighted by Gasteiger charge is 2.07. The van der Waals surface area contributed by atoms with E-state index >= 15 is 0 Å². The van der Waals surface area contributed by atoms with Crippen LogP contribution in [0.25, 0.3) is 0 Å². The maximum absolute atomic E-state index is 5.68. The van der Waals surface area contributed by atoms with Gasteiger partial charge in [0.25, 0.3) is 0 Å². The zero-order valence-electron chi connectivity index (χ0n) is 5.75. The molecule has 0 fully saturated rings. The van der Waals surface area contributed by atoms with Crippen molar-refractivity contribution < 1.29 is 0 Å². The fourth-order valence-corrected chi connectivity index (χ4v) is 0.830. The first-order valence-electron chi connectivity index (χ1n) is 2.90. The fourth-order valence-electron chi connectivity index (χ4n) is 0.559. The molecule has 0 saturated carbocycles. The van der Waals surface area contributed by atoms with Crippen LogP contribution in [0.3, 0.4) is 0 Å². The van der Waals surface area contributed by atoms with Crippen molar-refractivity contribution in [2.75, 3.05) is 5.73 Å². The van der Waals surface area contributed by atoms with Crippen LogP contribution in [0.4, 0.5) is 5.95 Å². The summed E-state index contributed by atoms with van der Waals surface area (Å²) in [6, 6.07) is 0. The molecule has 4 nitrogen and oxygen atoms in total. The minimum Gasteiger partial charge on any atom is -0.368 e. The quantitative estimate of drug-likeness (QED) is 0.684. The zero-order chi connectivity index (χ0) is 8.43. The van der Waals surface area contributed by atoms with Crippen LogP contribution in [0.1, 0.15) is 18.1 Å². The van der Waals surface area contributed by atoms with E-state index in [1.165, 1.54) is 0 Å². The van der Waals surface area contributed by atoms with Crippen molar-refractivity contribution in [3.05, 3.63) is 11.1 Å². The largest absolute Gasteiger partial charge is 0.368 e. The normalized spacial score (nSPS) is 13.0. The molecule has 0 aliphatic carbocycles. The SMILES string of the molecule is C[C@H](Cl)c1nc(N)nc(Cl)n1. The number of anilines is 1. The third-order valence-electron chi connectivity index (χ3n) is 0.999. The number of nitrogens with zero attached hydrogens (tertiary/aromatic N) is 3. The van der Waals surface area contributed by atoms with Gasteiger partial charge in [-0.3, -0.25) is 0 Å². The summed E-state index contributed by atoms with van der Waals surface area (Å²) in [7, 11) is 0. The Kier molecular flexibility index (Phi) is 2.46. The molecule has 0 radical (unpaired) electrons. The molecule has 2 N–H and O–H groups in total. The van der Waals surface area contributed by atoms with Gasteiger partial charge in [-0.05, 0) is 18.5 Å². The number of rotatable bonds is 1. The maximum atomic E-state index is 5.68. The average molecular weight is 193 g/mol. The Morgan fingerprint density at radius 2 is 2.00 bits per heavy atom. The van der Waals surface area contributed by atoms with E-state index in [9.17, 15) is 0 Å². The molecule has 1 heterocycles. The topological polar surface area (TPSA) is 64.7 Å². The van der Waals surface area contributed by atoms with Gasteiger partial charge in [0.1, 0.15) is 0 Å². The lowest BCUT2D eigenvalue weighted by Crippen LogP contribution is -2.03. The van der Waals surface area contributed by atoms with E-state index in [0.717, 1.165) is 0 Å². The van der Waals surface area contributed by atoms with E-state index in [1.54, 1.807) is 6.92 Å². The molecule has 0 saturated heterocycles. The highest BCUT2D eigenvalue weighted by atomic mass is 35.5. The predicted octanol–water partition coefficient (Wildman–Crippen LogP) is 1.41.